The lowest BCUT2D eigenvalue weighted by Crippen LogP contribution is -2.32. The van der Waals surface area contributed by atoms with Gasteiger partial charge < -0.3 is 10.1 Å². The maximum absolute atomic E-state index is 12.7. The van der Waals surface area contributed by atoms with Crippen molar-refractivity contribution in [2.45, 2.75) is 37.4 Å². The molecule has 31 heavy (non-hydrogen) atoms. The molecule has 0 atom stereocenters. The van der Waals surface area contributed by atoms with Crippen LogP contribution in [-0.4, -0.2) is 33.1 Å². The van der Waals surface area contributed by atoms with Gasteiger partial charge in [-0.3, -0.25) is 4.79 Å². The predicted octanol–water partition coefficient (Wildman–Crippen LogP) is 3.50. The molecular weight excluding hydrogens is 437 g/mol. The summed E-state index contributed by atoms with van der Waals surface area (Å²) in [6, 6.07) is 9.65. The van der Waals surface area contributed by atoms with Gasteiger partial charge in [-0.05, 0) is 56.2 Å². The molecule has 0 saturated heterocycles. The van der Waals surface area contributed by atoms with E-state index in [4.69, 9.17) is 4.74 Å². The third kappa shape index (κ3) is 7.28. The number of halogens is 3. The van der Waals surface area contributed by atoms with E-state index in [1.54, 1.807) is 18.6 Å². The molecule has 7 nitrogen and oxygen atoms in total. The number of carbonyl (C=O) groups excluding carboxylic acids is 2. The SMILES string of the molecule is CC(C)OC(=O)NS(=O)(=O)c1ccc(CCNC(=O)c2cccc(C(F)(F)F)c2)cc1. The molecule has 2 amide bonds. The van der Waals surface area contributed by atoms with Crippen molar-refractivity contribution in [3.8, 4) is 0 Å². The number of benzene rings is 2. The van der Waals surface area contributed by atoms with Crippen LogP contribution in [0.4, 0.5) is 18.0 Å². The van der Waals surface area contributed by atoms with E-state index in [2.05, 4.69) is 5.32 Å². The minimum Gasteiger partial charge on any atom is -0.446 e. The first-order valence-corrected chi connectivity index (χ1v) is 10.6. The predicted molar refractivity (Wildman–Crippen MR) is 106 cm³/mol. The lowest BCUT2D eigenvalue weighted by atomic mass is 10.1. The largest absolute Gasteiger partial charge is 0.446 e. The molecule has 0 radical (unpaired) electrons. The average Bonchev–Trinajstić information content (AvgIpc) is 2.66. The van der Waals surface area contributed by atoms with Crippen LogP contribution in [0.3, 0.4) is 0 Å². The number of carbonyl (C=O) groups is 2. The number of ether oxygens (including phenoxy) is 1. The Morgan fingerprint density at radius 3 is 2.29 bits per heavy atom. The van der Waals surface area contributed by atoms with Gasteiger partial charge in [-0.25, -0.2) is 17.9 Å². The Kier molecular flexibility index (Phi) is 7.66. The highest BCUT2D eigenvalue weighted by molar-refractivity contribution is 7.90. The van der Waals surface area contributed by atoms with Gasteiger partial charge in [0.15, 0.2) is 0 Å². The van der Waals surface area contributed by atoms with E-state index in [0.29, 0.717) is 12.0 Å². The summed E-state index contributed by atoms with van der Waals surface area (Å²) >= 11 is 0. The summed E-state index contributed by atoms with van der Waals surface area (Å²) in [6.45, 7) is 3.28. The highest BCUT2D eigenvalue weighted by atomic mass is 32.2. The van der Waals surface area contributed by atoms with Crippen molar-refractivity contribution < 1.29 is 35.9 Å². The van der Waals surface area contributed by atoms with Gasteiger partial charge >= 0.3 is 12.3 Å². The molecule has 0 aliphatic rings. The van der Waals surface area contributed by atoms with Gasteiger partial charge in [0.2, 0.25) is 0 Å². The molecule has 2 N–H and O–H groups in total. The van der Waals surface area contributed by atoms with Crippen LogP contribution >= 0.6 is 0 Å². The Labute approximate surface area is 177 Å². The second-order valence-corrected chi connectivity index (χ2v) is 8.47. The Balaban J connectivity index is 1.93. The van der Waals surface area contributed by atoms with Crippen molar-refractivity contribution in [2.24, 2.45) is 0 Å². The third-order valence-corrected chi connectivity index (χ3v) is 5.27. The zero-order valence-corrected chi connectivity index (χ0v) is 17.5. The molecule has 0 bridgehead atoms. The maximum Gasteiger partial charge on any atom is 0.421 e. The molecule has 0 saturated carbocycles. The molecule has 11 heteroatoms. The van der Waals surface area contributed by atoms with Crippen LogP contribution in [-0.2, 0) is 27.4 Å². The summed E-state index contributed by atoms with van der Waals surface area (Å²) in [5, 5.41) is 2.52. The highest BCUT2D eigenvalue weighted by Gasteiger charge is 2.30. The molecule has 2 aromatic rings. The average molecular weight is 458 g/mol. The Morgan fingerprint density at radius 1 is 1.06 bits per heavy atom. The monoisotopic (exact) mass is 458 g/mol. The number of rotatable bonds is 7. The van der Waals surface area contributed by atoms with Gasteiger partial charge in [0.25, 0.3) is 15.9 Å². The number of amides is 2. The van der Waals surface area contributed by atoms with Gasteiger partial charge in [0, 0.05) is 12.1 Å². The van der Waals surface area contributed by atoms with Crippen LogP contribution < -0.4 is 10.0 Å². The normalized spacial score (nSPS) is 11.8. The van der Waals surface area contributed by atoms with Crippen molar-refractivity contribution in [1.82, 2.24) is 10.0 Å². The van der Waals surface area contributed by atoms with E-state index >= 15 is 0 Å². The fraction of sp³-hybridized carbons (Fsp3) is 0.300. The number of hydrogen-bond donors (Lipinski definition) is 2. The van der Waals surface area contributed by atoms with Crippen LogP contribution in [0.15, 0.2) is 53.4 Å². The quantitative estimate of drug-likeness (QED) is 0.661. The van der Waals surface area contributed by atoms with E-state index in [1.807, 2.05) is 0 Å². The fourth-order valence-corrected chi connectivity index (χ4v) is 3.38. The van der Waals surface area contributed by atoms with E-state index < -0.39 is 39.9 Å². The Morgan fingerprint density at radius 2 is 1.71 bits per heavy atom. The summed E-state index contributed by atoms with van der Waals surface area (Å²) in [5.41, 5.74) is -0.355. The lowest BCUT2D eigenvalue weighted by molar-refractivity contribution is -0.137. The molecule has 0 aliphatic carbocycles. The van der Waals surface area contributed by atoms with Crippen LogP contribution in [0.25, 0.3) is 0 Å². The molecule has 0 aliphatic heterocycles. The summed E-state index contributed by atoms with van der Waals surface area (Å²) < 4.78 is 69.0. The van der Waals surface area contributed by atoms with E-state index in [-0.39, 0.29) is 17.0 Å². The topological polar surface area (TPSA) is 102 Å². The number of hydrogen-bond acceptors (Lipinski definition) is 5. The van der Waals surface area contributed by atoms with Gasteiger partial charge in [0.05, 0.1) is 16.6 Å². The number of alkyl halides is 3. The van der Waals surface area contributed by atoms with Crippen molar-refractivity contribution in [3.05, 3.63) is 65.2 Å². The Hall–Kier alpha value is -3.08. The first-order chi connectivity index (χ1) is 14.4. The van der Waals surface area contributed by atoms with Crippen LogP contribution in [0.5, 0.6) is 0 Å². The van der Waals surface area contributed by atoms with Crippen LogP contribution in [0, 0.1) is 0 Å². The molecule has 2 aromatic carbocycles. The van der Waals surface area contributed by atoms with Crippen molar-refractivity contribution in [1.29, 1.82) is 0 Å². The summed E-state index contributed by atoms with van der Waals surface area (Å²) in [7, 11) is -4.09. The smallest absolute Gasteiger partial charge is 0.421 e. The molecule has 0 spiro atoms. The number of sulfonamides is 1. The van der Waals surface area contributed by atoms with Gasteiger partial charge in [-0.15, -0.1) is 0 Å². The minimum atomic E-state index is -4.54. The molecule has 0 heterocycles. The van der Waals surface area contributed by atoms with Gasteiger partial charge in [0.1, 0.15) is 0 Å². The van der Waals surface area contributed by atoms with Gasteiger partial charge in [-0.1, -0.05) is 18.2 Å². The first-order valence-electron chi connectivity index (χ1n) is 9.16. The molecule has 2 rings (SSSR count). The molecule has 0 fully saturated rings. The summed E-state index contributed by atoms with van der Waals surface area (Å²) in [5.74, 6) is -0.654. The summed E-state index contributed by atoms with van der Waals surface area (Å²) in [4.78, 5) is 23.4. The van der Waals surface area contributed by atoms with E-state index in [1.165, 1.54) is 30.3 Å². The first kappa shape index (κ1) is 24.2. The second-order valence-electron chi connectivity index (χ2n) is 6.79. The standard InChI is InChI=1S/C20H21F3N2O5S/c1-13(2)30-19(27)25-31(28,29)17-8-6-14(7-9-17)10-11-24-18(26)15-4-3-5-16(12-15)20(21,22)23/h3-9,12-13H,10-11H2,1-2H3,(H,24,26)(H,25,27). The third-order valence-electron chi connectivity index (χ3n) is 3.95. The van der Waals surface area contributed by atoms with Gasteiger partial charge in [-0.2, -0.15) is 13.2 Å². The maximum atomic E-state index is 12.7. The zero-order valence-electron chi connectivity index (χ0n) is 16.7. The summed E-state index contributed by atoms with van der Waals surface area (Å²) in [6.07, 6.45) is -5.80. The zero-order chi connectivity index (χ0) is 23.2. The molecular formula is C20H21F3N2O5S. The van der Waals surface area contributed by atoms with Crippen LogP contribution in [0.2, 0.25) is 0 Å². The fourth-order valence-electron chi connectivity index (χ4n) is 2.50. The van der Waals surface area contributed by atoms with Crippen LogP contribution in [0.1, 0.15) is 35.3 Å². The second kappa shape index (κ2) is 9.82. The minimum absolute atomic E-state index is 0.115. The van der Waals surface area contributed by atoms with Crippen molar-refractivity contribution >= 4 is 22.0 Å². The van der Waals surface area contributed by atoms with E-state index in [9.17, 15) is 31.2 Å². The van der Waals surface area contributed by atoms with Crippen molar-refractivity contribution in [2.75, 3.05) is 6.54 Å². The molecule has 0 aromatic heterocycles. The molecule has 168 valence electrons. The Bertz CT molecular complexity index is 1040. The van der Waals surface area contributed by atoms with Crippen molar-refractivity contribution in [3.63, 3.8) is 0 Å². The lowest BCUT2D eigenvalue weighted by Gasteiger charge is -2.11. The highest BCUT2D eigenvalue weighted by Crippen LogP contribution is 2.29. The number of nitrogens with one attached hydrogen (secondary N) is 2. The van der Waals surface area contributed by atoms with E-state index in [0.717, 1.165) is 18.2 Å². The molecule has 0 unspecified atom stereocenters.